The van der Waals surface area contributed by atoms with E-state index < -0.39 is 10.1 Å². The third kappa shape index (κ3) is 7.40. The Bertz CT molecular complexity index is 962. The highest BCUT2D eigenvalue weighted by molar-refractivity contribution is 7.85. The lowest BCUT2D eigenvalue weighted by atomic mass is 10.2. The van der Waals surface area contributed by atoms with Crippen molar-refractivity contribution in [3.8, 4) is 11.5 Å². The summed E-state index contributed by atoms with van der Waals surface area (Å²) in [4.78, 5) is -0.0666. The largest absolute Gasteiger partial charge is 0.504 e. The van der Waals surface area contributed by atoms with Crippen molar-refractivity contribution in [1.82, 2.24) is 5.48 Å². The number of nitrogens with one attached hydrogen (secondary N) is 1. The summed E-state index contributed by atoms with van der Waals surface area (Å²) >= 11 is 5.86. The van der Waals surface area contributed by atoms with Crippen LogP contribution in [-0.2, 0) is 10.1 Å². The van der Waals surface area contributed by atoms with E-state index in [1.807, 2.05) is 6.92 Å². The van der Waals surface area contributed by atoms with Crippen LogP contribution >= 0.6 is 11.6 Å². The molecule has 0 unspecified atom stereocenters. The lowest BCUT2D eigenvalue weighted by Crippen LogP contribution is -2.27. The average molecular weight is 431 g/mol. The summed E-state index contributed by atoms with van der Waals surface area (Å²) in [7, 11) is -2.61. The second-order valence-electron chi connectivity index (χ2n) is 5.18. The molecule has 0 fully saturated rings. The van der Waals surface area contributed by atoms with Crippen molar-refractivity contribution in [1.29, 1.82) is 0 Å². The Morgan fingerprint density at radius 1 is 1.29 bits per heavy atom. The molecule has 6 N–H and O–H groups in total. The summed E-state index contributed by atoms with van der Waals surface area (Å²) in [6.45, 7) is 1.84. The molecule has 0 saturated carbocycles. The number of aryl methyl sites for hydroxylation is 1. The van der Waals surface area contributed by atoms with Gasteiger partial charge in [0.25, 0.3) is 10.1 Å². The zero-order valence-corrected chi connectivity index (χ0v) is 16.4. The number of hydrogen-bond acceptors (Lipinski definition) is 7. The fourth-order valence-corrected chi connectivity index (χ4v) is 2.39. The summed E-state index contributed by atoms with van der Waals surface area (Å²) in [5, 5.41) is 25.0. The van der Waals surface area contributed by atoms with Gasteiger partial charge in [0, 0.05) is 11.6 Å². The van der Waals surface area contributed by atoms with Crippen LogP contribution in [-0.4, -0.2) is 42.6 Å². The Balaban J connectivity index is 0.000000307. The van der Waals surface area contributed by atoms with E-state index in [2.05, 4.69) is 10.2 Å². The number of guanidine groups is 1. The topological polar surface area (TPSA) is 167 Å². The first-order chi connectivity index (χ1) is 13.1. The van der Waals surface area contributed by atoms with E-state index in [0.29, 0.717) is 5.56 Å². The Hall–Kier alpha value is -2.86. The fourth-order valence-electron chi connectivity index (χ4n) is 1.71. The van der Waals surface area contributed by atoms with Crippen molar-refractivity contribution in [2.75, 3.05) is 7.11 Å². The van der Waals surface area contributed by atoms with Crippen LogP contribution in [0.15, 0.2) is 51.5 Å². The monoisotopic (exact) mass is 430 g/mol. The Morgan fingerprint density at radius 3 is 2.39 bits per heavy atom. The first-order valence-corrected chi connectivity index (χ1v) is 9.27. The fraction of sp³-hybridized carbons (Fsp3) is 0.125. The molecule has 0 saturated heterocycles. The summed E-state index contributed by atoms with van der Waals surface area (Å²) < 4.78 is 34.5. The molecule has 28 heavy (non-hydrogen) atoms. The van der Waals surface area contributed by atoms with Crippen molar-refractivity contribution in [3.05, 3.63) is 52.5 Å². The molecule has 0 heterocycles. The van der Waals surface area contributed by atoms with Crippen LogP contribution in [0.25, 0.3) is 0 Å². The third-order valence-electron chi connectivity index (χ3n) is 3.09. The lowest BCUT2D eigenvalue weighted by Gasteiger charge is -2.05. The zero-order chi connectivity index (χ0) is 21.3. The third-order valence-corrected chi connectivity index (χ3v) is 4.29. The number of methoxy groups -OCH3 is 1. The molecule has 0 spiro atoms. The van der Waals surface area contributed by atoms with E-state index in [1.165, 1.54) is 37.6 Å². The molecule has 0 aromatic heterocycles. The number of phenols is 1. The predicted molar refractivity (Wildman–Crippen MR) is 105 cm³/mol. The normalized spacial score (nSPS) is 11.7. The maximum absolute atomic E-state index is 10.5. The molecule has 0 atom stereocenters. The van der Waals surface area contributed by atoms with Crippen LogP contribution in [0.5, 0.6) is 11.5 Å². The highest BCUT2D eigenvalue weighted by Crippen LogP contribution is 2.31. The molecule has 0 radical (unpaired) electrons. The van der Waals surface area contributed by atoms with Crippen LogP contribution < -0.4 is 16.0 Å². The SMILES string of the molecule is COc1cc(/C=N/N=C(\N)NO)c(Cl)cc1O.Cc1ccc(S(=O)(=O)O)cc1. The molecule has 152 valence electrons. The van der Waals surface area contributed by atoms with Crippen molar-refractivity contribution in [3.63, 3.8) is 0 Å². The summed E-state index contributed by atoms with van der Waals surface area (Å²) in [5.74, 6) is -0.0779. The number of phenolic OH excluding ortho intramolecular Hbond substituents is 1. The van der Waals surface area contributed by atoms with Gasteiger partial charge in [0.05, 0.1) is 23.2 Å². The molecule has 10 nitrogen and oxygen atoms in total. The van der Waals surface area contributed by atoms with Crippen LogP contribution in [0, 0.1) is 6.92 Å². The molecule has 0 aliphatic carbocycles. The summed E-state index contributed by atoms with van der Waals surface area (Å²) in [5.41, 5.74) is 8.18. The highest BCUT2D eigenvalue weighted by atomic mass is 35.5. The quantitative estimate of drug-likeness (QED) is 0.212. The number of hydroxylamine groups is 1. The molecular weight excluding hydrogens is 412 g/mol. The smallest absolute Gasteiger partial charge is 0.294 e. The lowest BCUT2D eigenvalue weighted by molar-refractivity contribution is 0.232. The van der Waals surface area contributed by atoms with E-state index >= 15 is 0 Å². The van der Waals surface area contributed by atoms with E-state index in [9.17, 15) is 13.5 Å². The Labute approximate surface area is 166 Å². The molecule has 0 aliphatic heterocycles. The van der Waals surface area contributed by atoms with Gasteiger partial charge >= 0.3 is 0 Å². The van der Waals surface area contributed by atoms with Gasteiger partial charge in [0.1, 0.15) is 0 Å². The maximum Gasteiger partial charge on any atom is 0.294 e. The number of nitrogens with zero attached hydrogens (tertiary/aromatic N) is 2. The molecule has 12 heteroatoms. The predicted octanol–water partition coefficient (Wildman–Crippen LogP) is 1.92. The van der Waals surface area contributed by atoms with Gasteiger partial charge in [-0.1, -0.05) is 29.3 Å². The first-order valence-electron chi connectivity index (χ1n) is 7.45. The number of hydrogen-bond donors (Lipinski definition) is 5. The van der Waals surface area contributed by atoms with Crippen LogP contribution in [0.1, 0.15) is 11.1 Å². The van der Waals surface area contributed by atoms with Crippen LogP contribution in [0.3, 0.4) is 0 Å². The summed E-state index contributed by atoms with van der Waals surface area (Å²) in [6, 6.07) is 8.79. The van der Waals surface area contributed by atoms with Crippen LogP contribution in [0.2, 0.25) is 5.02 Å². The number of benzene rings is 2. The summed E-state index contributed by atoms with van der Waals surface area (Å²) in [6.07, 6.45) is 1.30. The van der Waals surface area contributed by atoms with E-state index in [0.717, 1.165) is 5.56 Å². The first kappa shape index (κ1) is 23.2. The molecule has 2 rings (SSSR count). The molecule has 0 bridgehead atoms. The van der Waals surface area contributed by atoms with Gasteiger partial charge in [-0.05, 0) is 25.1 Å². The minimum absolute atomic E-state index is 0.0666. The average Bonchev–Trinajstić information content (AvgIpc) is 2.63. The van der Waals surface area contributed by atoms with Gasteiger partial charge in [-0.3, -0.25) is 9.76 Å². The number of ether oxygens (including phenoxy) is 1. The van der Waals surface area contributed by atoms with Crippen LogP contribution in [0.4, 0.5) is 0 Å². The number of aromatic hydroxyl groups is 1. The molecular formula is C16H19ClN4O6S. The zero-order valence-electron chi connectivity index (χ0n) is 14.9. The number of nitrogens with two attached hydrogens (primary N) is 1. The number of halogens is 1. The Morgan fingerprint density at radius 2 is 1.89 bits per heavy atom. The minimum atomic E-state index is -4.02. The van der Waals surface area contributed by atoms with Gasteiger partial charge in [-0.15, -0.1) is 5.10 Å². The highest BCUT2D eigenvalue weighted by Gasteiger charge is 2.07. The van der Waals surface area contributed by atoms with Gasteiger partial charge in [0.15, 0.2) is 11.5 Å². The van der Waals surface area contributed by atoms with Crippen molar-refractivity contribution in [2.24, 2.45) is 15.9 Å². The second kappa shape index (κ2) is 10.5. The molecule has 0 amide bonds. The second-order valence-corrected chi connectivity index (χ2v) is 7.00. The maximum atomic E-state index is 10.5. The molecule has 2 aromatic carbocycles. The standard InChI is InChI=1S/C9H11ClN4O3.C7H8O3S/c1-17-8-2-5(6(10)3-7(8)15)4-12-13-9(11)14-16;1-6-2-4-7(5-3-6)11(8,9)10/h2-4,15-16H,1H3,(H3,11,13,14);2-5H,1H3,(H,8,9,10)/b12-4+;. The number of rotatable bonds is 4. The van der Waals surface area contributed by atoms with E-state index in [-0.39, 0.29) is 27.4 Å². The van der Waals surface area contributed by atoms with E-state index in [1.54, 1.807) is 17.6 Å². The Kier molecular flexibility index (Phi) is 8.67. The van der Waals surface area contributed by atoms with Crippen molar-refractivity contribution in [2.45, 2.75) is 11.8 Å². The van der Waals surface area contributed by atoms with Crippen molar-refractivity contribution < 1.29 is 28.0 Å². The minimum Gasteiger partial charge on any atom is -0.504 e. The van der Waals surface area contributed by atoms with Gasteiger partial charge in [-0.25, -0.2) is 5.48 Å². The van der Waals surface area contributed by atoms with Gasteiger partial charge in [-0.2, -0.15) is 13.5 Å². The van der Waals surface area contributed by atoms with Crippen molar-refractivity contribution >= 4 is 33.9 Å². The van der Waals surface area contributed by atoms with Gasteiger partial charge < -0.3 is 15.6 Å². The molecule has 0 aliphatic rings. The van der Waals surface area contributed by atoms with E-state index in [4.69, 9.17) is 31.8 Å². The van der Waals surface area contributed by atoms with Gasteiger partial charge in [0.2, 0.25) is 5.96 Å². The molecule has 2 aromatic rings.